The largest absolute Gasteiger partial charge is 0.356 e. The molecule has 0 bridgehead atoms. The van der Waals surface area contributed by atoms with Crippen molar-refractivity contribution < 1.29 is 4.79 Å². The topological polar surface area (TPSA) is 29.1 Å². The number of carbonyl (C=O) groups excluding carboxylic acids is 1. The molecule has 0 aromatic heterocycles. The second-order valence-electron chi connectivity index (χ2n) is 1.85. The molecule has 0 radical (unpaired) electrons. The minimum Gasteiger partial charge on any atom is -0.356 e. The van der Waals surface area contributed by atoms with Crippen LogP contribution in [-0.4, -0.2) is 18.2 Å². The van der Waals surface area contributed by atoms with Gasteiger partial charge in [-0.25, -0.2) is 0 Å². The van der Waals surface area contributed by atoms with Crippen molar-refractivity contribution in [1.82, 2.24) is 5.32 Å². The third-order valence-corrected chi connectivity index (χ3v) is 1.17. The van der Waals surface area contributed by atoms with Gasteiger partial charge >= 0.3 is 0 Å². The van der Waals surface area contributed by atoms with Crippen molar-refractivity contribution in [2.75, 3.05) is 12.3 Å². The molecule has 2 nitrogen and oxygen atoms in total. The van der Waals surface area contributed by atoms with E-state index in [1.165, 1.54) is 0 Å². The highest BCUT2D eigenvalue weighted by molar-refractivity contribution is 7.58. The van der Waals surface area contributed by atoms with Gasteiger partial charge in [-0.1, -0.05) is 6.92 Å². The minimum atomic E-state index is 0.131. The van der Waals surface area contributed by atoms with Crippen LogP contribution in [0.5, 0.6) is 0 Å². The first-order chi connectivity index (χ1) is 4.31. The zero-order chi connectivity index (χ0) is 7.11. The van der Waals surface area contributed by atoms with Crippen molar-refractivity contribution in [2.45, 2.75) is 19.8 Å². The molecule has 0 fully saturated rings. The maximum absolute atomic E-state index is 10.7. The Morgan fingerprint density at radius 3 is 2.78 bits per heavy atom. The van der Waals surface area contributed by atoms with Crippen LogP contribution in [0.3, 0.4) is 0 Å². The van der Waals surface area contributed by atoms with Gasteiger partial charge in [-0.2, -0.15) is 0 Å². The standard InChI is InChI=1S/C6H13NOS/c1-2-4-7-6(8)3-5-9/h9H,2-5H2,1H3,(H,7,8)/p+1. The van der Waals surface area contributed by atoms with E-state index in [0.717, 1.165) is 18.7 Å². The molecule has 1 amide bonds. The SMILES string of the molecule is CCCNC(=O)CC[SH2+]. The highest BCUT2D eigenvalue weighted by Crippen LogP contribution is 1.77. The number of amides is 1. The summed E-state index contributed by atoms with van der Waals surface area (Å²) in [6, 6.07) is 0. The summed E-state index contributed by atoms with van der Waals surface area (Å²) in [6.45, 7) is 2.83. The molecule has 0 atom stereocenters. The zero-order valence-electron chi connectivity index (χ0n) is 5.74. The van der Waals surface area contributed by atoms with E-state index in [1.807, 2.05) is 6.92 Å². The maximum atomic E-state index is 10.7. The molecule has 0 aliphatic carbocycles. The first-order valence-electron chi connectivity index (χ1n) is 3.22. The maximum Gasteiger partial charge on any atom is 0.224 e. The Morgan fingerprint density at radius 2 is 2.33 bits per heavy atom. The predicted octanol–water partition coefficient (Wildman–Crippen LogP) is -0.0858. The van der Waals surface area contributed by atoms with Gasteiger partial charge in [0.1, 0.15) is 5.75 Å². The van der Waals surface area contributed by atoms with Crippen molar-refractivity contribution in [2.24, 2.45) is 0 Å². The number of hydrogen-bond donors (Lipinski definition) is 1. The van der Waals surface area contributed by atoms with Crippen molar-refractivity contribution in [3.05, 3.63) is 0 Å². The monoisotopic (exact) mass is 148 g/mol. The molecule has 54 valence electrons. The Labute approximate surface area is 61.4 Å². The molecule has 0 saturated carbocycles. The van der Waals surface area contributed by atoms with Gasteiger partial charge in [-0.15, -0.1) is 0 Å². The van der Waals surface area contributed by atoms with Crippen LogP contribution in [0.1, 0.15) is 19.8 Å². The molecular weight excluding hydrogens is 134 g/mol. The van der Waals surface area contributed by atoms with Crippen LogP contribution in [0.15, 0.2) is 0 Å². The van der Waals surface area contributed by atoms with E-state index >= 15 is 0 Å². The molecule has 0 aromatic carbocycles. The van der Waals surface area contributed by atoms with Gasteiger partial charge < -0.3 is 5.32 Å². The van der Waals surface area contributed by atoms with E-state index in [1.54, 1.807) is 0 Å². The molecule has 0 saturated heterocycles. The van der Waals surface area contributed by atoms with Crippen LogP contribution in [0.4, 0.5) is 0 Å². The highest BCUT2D eigenvalue weighted by atomic mass is 32.1. The molecule has 1 N–H and O–H groups in total. The van der Waals surface area contributed by atoms with Crippen molar-refractivity contribution in [3.8, 4) is 0 Å². The number of nitrogens with one attached hydrogen (secondary N) is 1. The molecule has 9 heavy (non-hydrogen) atoms. The second kappa shape index (κ2) is 5.95. The van der Waals surface area contributed by atoms with E-state index in [0.29, 0.717) is 6.42 Å². The number of hydrogen-bond acceptors (Lipinski definition) is 1. The molecule has 0 rings (SSSR count). The van der Waals surface area contributed by atoms with E-state index < -0.39 is 0 Å². The Hall–Kier alpha value is -0.180. The summed E-state index contributed by atoms with van der Waals surface area (Å²) in [5.74, 6) is 0.877. The van der Waals surface area contributed by atoms with Crippen molar-refractivity contribution in [3.63, 3.8) is 0 Å². The zero-order valence-corrected chi connectivity index (χ0v) is 6.74. The molecule has 0 spiro atoms. The summed E-state index contributed by atoms with van der Waals surface area (Å²) in [6.07, 6.45) is 1.59. The smallest absolute Gasteiger partial charge is 0.224 e. The van der Waals surface area contributed by atoms with Gasteiger partial charge in [0, 0.05) is 6.54 Å². The van der Waals surface area contributed by atoms with Gasteiger partial charge in [0.25, 0.3) is 0 Å². The molecular formula is C6H14NOS+. The van der Waals surface area contributed by atoms with Crippen LogP contribution in [0.2, 0.25) is 0 Å². The third kappa shape index (κ3) is 5.69. The van der Waals surface area contributed by atoms with Crippen LogP contribution in [-0.2, 0) is 17.4 Å². The molecule has 3 heteroatoms. The average molecular weight is 148 g/mol. The Balaban J connectivity index is 3.06. The fourth-order valence-electron chi connectivity index (χ4n) is 0.466. The Morgan fingerprint density at radius 1 is 1.67 bits per heavy atom. The summed E-state index contributed by atoms with van der Waals surface area (Å²) in [4.78, 5) is 10.7. The molecule has 0 aliphatic rings. The van der Waals surface area contributed by atoms with Gasteiger partial charge in [0.2, 0.25) is 5.91 Å². The van der Waals surface area contributed by atoms with E-state index in [2.05, 4.69) is 17.9 Å². The van der Waals surface area contributed by atoms with E-state index in [4.69, 9.17) is 0 Å². The predicted molar refractivity (Wildman–Crippen MR) is 42.9 cm³/mol. The minimum absolute atomic E-state index is 0.131. The Kier molecular flexibility index (Phi) is 5.83. The second-order valence-corrected chi connectivity index (χ2v) is 2.35. The molecule has 0 unspecified atom stereocenters. The Bertz CT molecular complexity index is 85.1. The molecule has 0 aliphatic heterocycles. The van der Waals surface area contributed by atoms with Crippen LogP contribution in [0.25, 0.3) is 0 Å². The van der Waals surface area contributed by atoms with Crippen molar-refractivity contribution in [1.29, 1.82) is 0 Å². The van der Waals surface area contributed by atoms with Gasteiger partial charge in [-0.3, -0.25) is 4.79 Å². The third-order valence-electron chi connectivity index (χ3n) is 0.924. The molecule has 0 aromatic rings. The molecule has 0 heterocycles. The quantitative estimate of drug-likeness (QED) is 0.555. The number of carbonyl (C=O) groups is 1. The summed E-state index contributed by atoms with van der Waals surface area (Å²) in [5.41, 5.74) is 0. The number of rotatable bonds is 4. The van der Waals surface area contributed by atoms with Crippen LogP contribution >= 0.6 is 0 Å². The highest BCUT2D eigenvalue weighted by Gasteiger charge is 1.97. The lowest BCUT2D eigenvalue weighted by atomic mass is 10.4. The average Bonchev–Trinajstić information content (AvgIpc) is 1.85. The lowest BCUT2D eigenvalue weighted by Crippen LogP contribution is -2.24. The van der Waals surface area contributed by atoms with Crippen LogP contribution in [0, 0.1) is 0 Å². The fourth-order valence-corrected chi connectivity index (χ4v) is 0.693. The summed E-state index contributed by atoms with van der Waals surface area (Å²) < 4.78 is 0. The summed E-state index contributed by atoms with van der Waals surface area (Å²) in [7, 11) is 0. The van der Waals surface area contributed by atoms with E-state index in [-0.39, 0.29) is 5.91 Å². The van der Waals surface area contributed by atoms with Crippen molar-refractivity contribution >= 4 is 18.5 Å². The van der Waals surface area contributed by atoms with Gasteiger partial charge in [0.05, 0.1) is 6.42 Å². The van der Waals surface area contributed by atoms with Gasteiger partial charge in [0.15, 0.2) is 0 Å². The normalized spacial score (nSPS) is 9.11. The summed E-state index contributed by atoms with van der Waals surface area (Å²) in [5, 5.41) is 2.76. The fraction of sp³-hybridized carbons (Fsp3) is 0.833. The lowest BCUT2D eigenvalue weighted by molar-refractivity contribution is -0.120. The first kappa shape index (κ1) is 8.82. The summed E-state index contributed by atoms with van der Waals surface area (Å²) >= 11 is 3.22. The lowest BCUT2D eigenvalue weighted by Gasteiger charge is -1.97. The first-order valence-corrected chi connectivity index (χ1v) is 3.93. The van der Waals surface area contributed by atoms with Crippen LogP contribution < -0.4 is 5.32 Å². The van der Waals surface area contributed by atoms with Gasteiger partial charge in [-0.05, 0) is 19.0 Å². The van der Waals surface area contributed by atoms with E-state index in [9.17, 15) is 4.79 Å².